The van der Waals surface area contributed by atoms with Gasteiger partial charge in [0.15, 0.2) is 0 Å². The number of carbonyl (C=O) groups is 2. The second-order valence-electron chi connectivity index (χ2n) is 7.09. The highest BCUT2D eigenvalue weighted by Gasteiger charge is 2.25. The molecule has 2 aromatic rings. The van der Waals surface area contributed by atoms with Crippen molar-refractivity contribution in [3.8, 4) is 0 Å². The highest BCUT2D eigenvalue weighted by molar-refractivity contribution is 5.79. The molecule has 5 nitrogen and oxygen atoms in total. The van der Waals surface area contributed by atoms with Gasteiger partial charge in [0.1, 0.15) is 11.6 Å². The van der Waals surface area contributed by atoms with Crippen molar-refractivity contribution in [2.45, 2.75) is 44.7 Å². The quantitative estimate of drug-likeness (QED) is 0.688. The number of hydrogen-bond acceptors (Lipinski definition) is 3. The van der Waals surface area contributed by atoms with Crippen LogP contribution in [0.5, 0.6) is 0 Å². The van der Waals surface area contributed by atoms with Crippen LogP contribution in [0, 0.1) is 11.6 Å². The molecule has 0 saturated heterocycles. The second kappa shape index (κ2) is 8.37. The number of nitrogen functional groups attached to an aromatic ring is 1. The molecular weight excluding hydrogens is 364 g/mol. The van der Waals surface area contributed by atoms with Crippen LogP contribution in [0.15, 0.2) is 36.4 Å². The largest absolute Gasteiger partial charge is 0.399 e. The molecule has 7 heteroatoms. The number of aryl methyl sites for hydroxylation is 1. The number of rotatable bonds is 5. The van der Waals surface area contributed by atoms with E-state index in [0.29, 0.717) is 5.69 Å². The van der Waals surface area contributed by atoms with Gasteiger partial charge < -0.3 is 16.4 Å². The topological polar surface area (TPSA) is 84.2 Å². The monoisotopic (exact) mass is 387 g/mol. The average molecular weight is 387 g/mol. The summed E-state index contributed by atoms with van der Waals surface area (Å²) in [5, 5.41) is 5.54. The van der Waals surface area contributed by atoms with E-state index in [0.717, 1.165) is 42.5 Å². The molecule has 0 heterocycles. The lowest BCUT2D eigenvalue weighted by molar-refractivity contribution is -0.123. The predicted molar refractivity (Wildman–Crippen MR) is 102 cm³/mol. The van der Waals surface area contributed by atoms with Gasteiger partial charge in [-0.15, -0.1) is 0 Å². The maximum atomic E-state index is 14.2. The number of fused-ring (bicyclic) bond motifs is 1. The lowest BCUT2D eigenvalue weighted by atomic mass is 9.87. The predicted octanol–water partition coefficient (Wildman–Crippen LogP) is 3.31. The smallest absolute Gasteiger partial charge is 0.222 e. The summed E-state index contributed by atoms with van der Waals surface area (Å²) in [5.41, 5.74) is 8.73. The summed E-state index contributed by atoms with van der Waals surface area (Å²) < 4.78 is 27.4. The molecule has 2 atom stereocenters. The third-order valence-electron chi connectivity index (χ3n) is 4.92. The van der Waals surface area contributed by atoms with Crippen LogP contribution < -0.4 is 16.4 Å². The van der Waals surface area contributed by atoms with Gasteiger partial charge in [0.25, 0.3) is 0 Å². The van der Waals surface area contributed by atoms with Gasteiger partial charge in [0.2, 0.25) is 11.8 Å². The van der Waals surface area contributed by atoms with Crippen molar-refractivity contribution in [3.63, 3.8) is 0 Å². The number of hydrogen-bond donors (Lipinski definition) is 3. The van der Waals surface area contributed by atoms with Crippen molar-refractivity contribution in [2.24, 2.45) is 0 Å². The van der Waals surface area contributed by atoms with E-state index >= 15 is 0 Å². The molecule has 2 amide bonds. The molecule has 3 rings (SSSR count). The highest BCUT2D eigenvalue weighted by Crippen LogP contribution is 2.31. The van der Waals surface area contributed by atoms with Crippen molar-refractivity contribution in [3.05, 3.63) is 64.7 Å². The van der Waals surface area contributed by atoms with E-state index in [9.17, 15) is 18.4 Å². The average Bonchev–Trinajstić information content (AvgIpc) is 2.60. The molecular formula is C21H23F2N3O2. The number of benzene rings is 2. The van der Waals surface area contributed by atoms with E-state index in [2.05, 4.69) is 10.6 Å². The minimum Gasteiger partial charge on any atom is -0.399 e. The number of nitrogens with two attached hydrogens (primary N) is 1. The molecule has 0 radical (unpaired) electrons. The molecule has 0 aliphatic heterocycles. The SMILES string of the molecule is CC(=O)NC(CC(=O)NC1CCCc2cc(N)ccc21)c1ccc(F)cc1F. The Kier molecular flexibility index (Phi) is 5.92. The van der Waals surface area contributed by atoms with Gasteiger partial charge in [-0.1, -0.05) is 12.1 Å². The van der Waals surface area contributed by atoms with Crippen LogP contribution in [0.25, 0.3) is 0 Å². The van der Waals surface area contributed by atoms with E-state index in [-0.39, 0.29) is 23.9 Å². The van der Waals surface area contributed by atoms with E-state index in [1.54, 1.807) is 6.07 Å². The van der Waals surface area contributed by atoms with Gasteiger partial charge in [-0.3, -0.25) is 9.59 Å². The molecule has 0 spiro atoms. The van der Waals surface area contributed by atoms with Gasteiger partial charge in [0.05, 0.1) is 18.5 Å². The van der Waals surface area contributed by atoms with E-state index < -0.39 is 23.6 Å². The lowest BCUT2D eigenvalue weighted by Crippen LogP contribution is -2.35. The maximum absolute atomic E-state index is 14.2. The molecule has 2 unspecified atom stereocenters. The van der Waals surface area contributed by atoms with Crippen LogP contribution in [-0.2, 0) is 16.0 Å². The van der Waals surface area contributed by atoms with Gasteiger partial charge in [-0.05, 0) is 48.6 Å². The normalized spacial score (nSPS) is 16.8. The van der Waals surface area contributed by atoms with E-state index in [1.165, 1.54) is 13.0 Å². The zero-order chi connectivity index (χ0) is 20.3. The molecule has 148 valence electrons. The van der Waals surface area contributed by atoms with Crippen molar-refractivity contribution < 1.29 is 18.4 Å². The minimum atomic E-state index is -0.882. The second-order valence-corrected chi connectivity index (χ2v) is 7.09. The standard InChI is InChI=1S/C21H23F2N3O2/c1-12(27)25-20(17-7-5-14(22)10-18(17)23)11-21(28)26-19-4-2-3-13-9-15(24)6-8-16(13)19/h5-10,19-20H,2-4,11,24H2,1H3,(H,25,27)(H,26,28). The first-order valence-electron chi connectivity index (χ1n) is 9.23. The molecule has 0 saturated carbocycles. The Morgan fingerprint density at radius 2 is 2.00 bits per heavy atom. The molecule has 28 heavy (non-hydrogen) atoms. The number of anilines is 1. The number of nitrogens with one attached hydrogen (secondary N) is 2. The fourth-order valence-corrected chi connectivity index (χ4v) is 3.69. The highest BCUT2D eigenvalue weighted by atomic mass is 19.1. The van der Waals surface area contributed by atoms with Crippen LogP contribution in [0.4, 0.5) is 14.5 Å². The summed E-state index contributed by atoms with van der Waals surface area (Å²) in [6, 6.07) is 7.69. The Bertz CT molecular complexity index is 901. The summed E-state index contributed by atoms with van der Waals surface area (Å²) in [6.07, 6.45) is 2.46. The number of amides is 2. The van der Waals surface area contributed by atoms with Gasteiger partial charge in [-0.25, -0.2) is 8.78 Å². The fraction of sp³-hybridized carbons (Fsp3) is 0.333. The fourth-order valence-electron chi connectivity index (χ4n) is 3.69. The van der Waals surface area contributed by atoms with Crippen LogP contribution in [0.1, 0.15) is 55.0 Å². The molecule has 1 aliphatic rings. The van der Waals surface area contributed by atoms with Crippen LogP contribution in [0.2, 0.25) is 0 Å². The van der Waals surface area contributed by atoms with Crippen LogP contribution in [0.3, 0.4) is 0 Å². The Morgan fingerprint density at radius 1 is 1.21 bits per heavy atom. The summed E-state index contributed by atoms with van der Waals surface area (Å²) >= 11 is 0. The number of halogens is 2. The van der Waals surface area contributed by atoms with Crippen LogP contribution >= 0.6 is 0 Å². The Hall–Kier alpha value is -2.96. The van der Waals surface area contributed by atoms with E-state index in [4.69, 9.17) is 5.73 Å². The van der Waals surface area contributed by atoms with Gasteiger partial charge >= 0.3 is 0 Å². The number of carbonyl (C=O) groups excluding carboxylic acids is 2. The van der Waals surface area contributed by atoms with Gasteiger partial charge in [0, 0.05) is 24.2 Å². The Balaban J connectivity index is 1.75. The first kappa shape index (κ1) is 19.8. The lowest BCUT2D eigenvalue weighted by Gasteiger charge is -2.27. The van der Waals surface area contributed by atoms with Crippen molar-refractivity contribution in [1.82, 2.24) is 10.6 Å². The molecule has 2 aromatic carbocycles. The molecule has 1 aliphatic carbocycles. The van der Waals surface area contributed by atoms with Crippen LogP contribution in [-0.4, -0.2) is 11.8 Å². The summed E-state index contributed by atoms with van der Waals surface area (Å²) in [4.78, 5) is 24.2. The van der Waals surface area contributed by atoms with Crippen molar-refractivity contribution in [2.75, 3.05) is 5.73 Å². The maximum Gasteiger partial charge on any atom is 0.222 e. The van der Waals surface area contributed by atoms with E-state index in [1.807, 2.05) is 12.1 Å². The first-order valence-corrected chi connectivity index (χ1v) is 9.23. The third-order valence-corrected chi connectivity index (χ3v) is 4.92. The Labute approximate surface area is 162 Å². The minimum absolute atomic E-state index is 0.0727. The molecule has 4 N–H and O–H groups in total. The first-order chi connectivity index (χ1) is 13.3. The summed E-state index contributed by atoms with van der Waals surface area (Å²) in [5.74, 6) is -2.24. The zero-order valence-electron chi connectivity index (χ0n) is 15.6. The Morgan fingerprint density at radius 3 is 2.71 bits per heavy atom. The van der Waals surface area contributed by atoms with Crippen molar-refractivity contribution >= 4 is 17.5 Å². The zero-order valence-corrected chi connectivity index (χ0v) is 15.6. The molecule has 0 aromatic heterocycles. The summed E-state index contributed by atoms with van der Waals surface area (Å²) in [7, 11) is 0. The van der Waals surface area contributed by atoms with Crippen molar-refractivity contribution in [1.29, 1.82) is 0 Å². The molecule has 0 fully saturated rings. The van der Waals surface area contributed by atoms with Gasteiger partial charge in [-0.2, -0.15) is 0 Å². The third kappa shape index (κ3) is 4.65. The molecule has 0 bridgehead atoms. The summed E-state index contributed by atoms with van der Waals surface area (Å²) in [6.45, 7) is 1.29.